The summed E-state index contributed by atoms with van der Waals surface area (Å²) in [5.41, 5.74) is 1.94. The van der Waals surface area contributed by atoms with Crippen molar-refractivity contribution in [3.63, 3.8) is 0 Å². The van der Waals surface area contributed by atoms with Gasteiger partial charge in [0.25, 0.3) is 0 Å². The van der Waals surface area contributed by atoms with Crippen LogP contribution < -0.4 is 0 Å². The van der Waals surface area contributed by atoms with Crippen LogP contribution in [-0.2, 0) is 7.05 Å². The third kappa shape index (κ3) is 1.41. The first-order chi connectivity index (χ1) is 8.68. The molecule has 0 bridgehead atoms. The Hall–Kier alpha value is -2.56. The lowest BCUT2D eigenvalue weighted by molar-refractivity contribution is 0.453. The summed E-state index contributed by atoms with van der Waals surface area (Å²) in [6, 6.07) is 6.46. The van der Waals surface area contributed by atoms with E-state index in [1.165, 1.54) is 12.1 Å². The SMILES string of the molecule is Cn1c(-c2c(O)cccc2O)nc2cnccc21. The van der Waals surface area contributed by atoms with Gasteiger partial charge >= 0.3 is 0 Å². The molecule has 3 rings (SSSR count). The van der Waals surface area contributed by atoms with Crippen LogP contribution >= 0.6 is 0 Å². The Labute approximate surface area is 103 Å². The molecule has 3 aromatic rings. The highest BCUT2D eigenvalue weighted by Crippen LogP contribution is 2.37. The van der Waals surface area contributed by atoms with Crippen molar-refractivity contribution in [1.29, 1.82) is 0 Å². The number of imidazole rings is 1. The zero-order chi connectivity index (χ0) is 12.7. The maximum atomic E-state index is 9.87. The molecule has 18 heavy (non-hydrogen) atoms. The molecule has 0 radical (unpaired) electrons. The maximum absolute atomic E-state index is 9.87. The van der Waals surface area contributed by atoms with Crippen molar-refractivity contribution in [2.24, 2.45) is 7.05 Å². The number of hydrogen-bond acceptors (Lipinski definition) is 4. The Kier molecular flexibility index (Phi) is 2.19. The van der Waals surface area contributed by atoms with Crippen LogP contribution in [0.2, 0.25) is 0 Å². The standard InChI is InChI=1S/C13H11N3O2/c1-16-9-5-6-14-7-8(9)15-13(16)12-10(17)3-2-4-11(12)18/h2-7,17-18H,1H3. The smallest absolute Gasteiger partial charge is 0.148 e. The number of benzene rings is 1. The minimum absolute atomic E-state index is 0.00126. The van der Waals surface area contributed by atoms with Gasteiger partial charge in [0.2, 0.25) is 0 Å². The Morgan fingerprint density at radius 2 is 1.83 bits per heavy atom. The van der Waals surface area contributed by atoms with Gasteiger partial charge in [0.1, 0.15) is 28.4 Å². The predicted molar refractivity (Wildman–Crippen MR) is 67.3 cm³/mol. The van der Waals surface area contributed by atoms with E-state index < -0.39 is 0 Å². The number of aromatic hydroxyl groups is 2. The first-order valence-electron chi connectivity index (χ1n) is 5.46. The lowest BCUT2D eigenvalue weighted by atomic mass is 10.1. The summed E-state index contributed by atoms with van der Waals surface area (Å²) in [6.07, 6.45) is 3.33. The largest absolute Gasteiger partial charge is 0.507 e. The average molecular weight is 241 g/mol. The van der Waals surface area contributed by atoms with Gasteiger partial charge in [-0.25, -0.2) is 4.98 Å². The van der Waals surface area contributed by atoms with Gasteiger partial charge in [-0.1, -0.05) is 6.07 Å². The van der Waals surface area contributed by atoms with Gasteiger partial charge in [0.05, 0.1) is 11.7 Å². The zero-order valence-electron chi connectivity index (χ0n) is 9.70. The molecule has 0 saturated carbocycles. The molecule has 0 spiro atoms. The van der Waals surface area contributed by atoms with Crippen LogP contribution in [0.25, 0.3) is 22.4 Å². The van der Waals surface area contributed by atoms with Crippen molar-refractivity contribution < 1.29 is 10.2 Å². The van der Waals surface area contributed by atoms with Gasteiger partial charge in [-0.15, -0.1) is 0 Å². The second-order valence-corrected chi connectivity index (χ2v) is 4.03. The van der Waals surface area contributed by atoms with Crippen LogP contribution in [0.4, 0.5) is 0 Å². The fraction of sp³-hybridized carbons (Fsp3) is 0.0769. The Bertz CT molecular complexity index is 714. The minimum Gasteiger partial charge on any atom is -0.507 e. The number of nitrogens with zero attached hydrogens (tertiary/aromatic N) is 3. The molecule has 5 heteroatoms. The third-order valence-corrected chi connectivity index (χ3v) is 2.93. The van der Waals surface area contributed by atoms with Crippen molar-refractivity contribution in [1.82, 2.24) is 14.5 Å². The summed E-state index contributed by atoms with van der Waals surface area (Å²) < 4.78 is 1.81. The van der Waals surface area contributed by atoms with Gasteiger partial charge in [0, 0.05) is 13.2 Å². The molecule has 0 aliphatic rings. The summed E-state index contributed by atoms with van der Waals surface area (Å²) in [4.78, 5) is 8.39. The molecule has 2 heterocycles. The van der Waals surface area contributed by atoms with Crippen molar-refractivity contribution in [2.45, 2.75) is 0 Å². The Morgan fingerprint density at radius 3 is 2.50 bits per heavy atom. The van der Waals surface area contributed by atoms with Crippen LogP contribution in [0.3, 0.4) is 0 Å². The van der Waals surface area contributed by atoms with Crippen LogP contribution in [0.5, 0.6) is 11.5 Å². The van der Waals surface area contributed by atoms with Gasteiger partial charge < -0.3 is 14.8 Å². The highest BCUT2D eigenvalue weighted by molar-refractivity contribution is 5.82. The number of pyridine rings is 1. The number of fused-ring (bicyclic) bond motifs is 1. The third-order valence-electron chi connectivity index (χ3n) is 2.93. The fourth-order valence-corrected chi connectivity index (χ4v) is 2.03. The summed E-state index contributed by atoms with van der Waals surface area (Å²) in [5.74, 6) is 0.510. The van der Waals surface area contributed by atoms with Gasteiger partial charge in [-0.3, -0.25) is 4.98 Å². The zero-order valence-corrected chi connectivity index (χ0v) is 9.70. The Morgan fingerprint density at radius 1 is 1.11 bits per heavy atom. The first kappa shape index (κ1) is 10.6. The van der Waals surface area contributed by atoms with Crippen molar-refractivity contribution in [3.05, 3.63) is 36.7 Å². The number of hydrogen-bond donors (Lipinski definition) is 2. The van der Waals surface area contributed by atoms with E-state index in [1.807, 2.05) is 17.7 Å². The fourth-order valence-electron chi connectivity index (χ4n) is 2.03. The van der Waals surface area contributed by atoms with E-state index in [4.69, 9.17) is 0 Å². The molecule has 90 valence electrons. The van der Waals surface area contributed by atoms with Crippen molar-refractivity contribution >= 4 is 11.0 Å². The molecule has 2 N–H and O–H groups in total. The van der Waals surface area contributed by atoms with Crippen LogP contribution in [0.1, 0.15) is 0 Å². The number of aryl methyl sites for hydroxylation is 1. The summed E-state index contributed by atoms with van der Waals surface area (Å²) >= 11 is 0. The lowest BCUT2D eigenvalue weighted by Crippen LogP contribution is -1.93. The minimum atomic E-state index is 0.00126. The molecule has 0 unspecified atom stereocenters. The van der Waals surface area contributed by atoms with Crippen molar-refractivity contribution in [3.8, 4) is 22.9 Å². The van der Waals surface area contributed by atoms with Gasteiger partial charge in [0.15, 0.2) is 0 Å². The molecule has 0 aliphatic carbocycles. The van der Waals surface area contributed by atoms with E-state index in [0.717, 1.165) is 11.0 Å². The molecule has 0 aliphatic heterocycles. The van der Waals surface area contributed by atoms with Gasteiger partial charge in [-0.05, 0) is 18.2 Å². The van der Waals surface area contributed by atoms with E-state index in [9.17, 15) is 10.2 Å². The lowest BCUT2D eigenvalue weighted by Gasteiger charge is -2.06. The van der Waals surface area contributed by atoms with E-state index in [2.05, 4.69) is 9.97 Å². The van der Waals surface area contributed by atoms with Crippen LogP contribution in [0.15, 0.2) is 36.7 Å². The summed E-state index contributed by atoms with van der Waals surface area (Å²) in [7, 11) is 1.83. The highest BCUT2D eigenvalue weighted by atomic mass is 16.3. The quantitative estimate of drug-likeness (QED) is 0.684. The number of aromatic nitrogens is 3. The Balaban J connectivity index is 2.36. The molecule has 5 nitrogen and oxygen atoms in total. The van der Waals surface area contributed by atoms with E-state index in [-0.39, 0.29) is 11.5 Å². The molecule has 1 aromatic carbocycles. The topological polar surface area (TPSA) is 71.2 Å². The predicted octanol–water partition coefficient (Wildman–Crippen LogP) is 2.05. The average Bonchev–Trinajstić information content (AvgIpc) is 2.68. The molecule has 0 amide bonds. The molecule has 2 aromatic heterocycles. The molecule has 0 saturated heterocycles. The monoisotopic (exact) mass is 241 g/mol. The van der Waals surface area contributed by atoms with Crippen LogP contribution in [-0.4, -0.2) is 24.7 Å². The summed E-state index contributed by atoms with van der Waals surface area (Å²) in [6.45, 7) is 0. The second-order valence-electron chi connectivity index (χ2n) is 4.03. The maximum Gasteiger partial charge on any atom is 0.148 e. The second kappa shape index (κ2) is 3.73. The molecule has 0 atom stereocenters. The molecular formula is C13H11N3O2. The van der Waals surface area contributed by atoms with E-state index in [1.54, 1.807) is 18.5 Å². The summed E-state index contributed by atoms with van der Waals surface area (Å²) in [5, 5.41) is 19.7. The first-order valence-corrected chi connectivity index (χ1v) is 5.46. The highest BCUT2D eigenvalue weighted by Gasteiger charge is 2.16. The number of phenolic OH excluding ortho intramolecular Hbond substituents is 2. The normalized spacial score (nSPS) is 10.9. The van der Waals surface area contributed by atoms with Gasteiger partial charge in [-0.2, -0.15) is 0 Å². The number of rotatable bonds is 1. The van der Waals surface area contributed by atoms with E-state index >= 15 is 0 Å². The molecular weight excluding hydrogens is 230 g/mol. The van der Waals surface area contributed by atoms with E-state index in [0.29, 0.717) is 11.4 Å². The van der Waals surface area contributed by atoms with Crippen LogP contribution in [0, 0.1) is 0 Å². The number of phenols is 2. The van der Waals surface area contributed by atoms with Crippen molar-refractivity contribution in [2.75, 3.05) is 0 Å². The molecule has 0 fully saturated rings.